The first-order chi connectivity index (χ1) is 12.7. The molecule has 0 spiro atoms. The van der Waals surface area contributed by atoms with Crippen LogP contribution in [-0.2, 0) is 17.6 Å². The predicted molar refractivity (Wildman–Crippen MR) is 97.1 cm³/mol. The third-order valence-corrected chi connectivity index (χ3v) is 4.61. The van der Waals surface area contributed by atoms with E-state index in [1.54, 1.807) is 7.11 Å². The predicted octanol–water partition coefficient (Wildman–Crippen LogP) is 3.12. The smallest absolute Gasteiger partial charge is 0.226 e. The molecule has 0 aliphatic heterocycles. The lowest BCUT2D eigenvalue weighted by Gasteiger charge is -2.03. The second-order valence-corrected chi connectivity index (χ2v) is 6.53. The SMILES string of the molecule is CCc1nnc(NC(=O)CCCc2nc(-c3ccccc3OC)no2)s1. The number of nitrogens with zero attached hydrogens (tertiary/aromatic N) is 4. The lowest BCUT2D eigenvalue weighted by molar-refractivity contribution is -0.116. The average Bonchev–Trinajstić information content (AvgIpc) is 3.31. The van der Waals surface area contributed by atoms with Crippen molar-refractivity contribution < 1.29 is 14.1 Å². The van der Waals surface area contributed by atoms with E-state index in [1.807, 2.05) is 31.2 Å². The zero-order chi connectivity index (χ0) is 18.4. The first-order valence-corrected chi connectivity index (χ1v) is 9.09. The lowest BCUT2D eigenvalue weighted by Crippen LogP contribution is -2.11. The number of carbonyl (C=O) groups excluding carboxylic acids is 1. The van der Waals surface area contributed by atoms with Gasteiger partial charge in [-0.25, -0.2) is 0 Å². The minimum absolute atomic E-state index is 0.103. The maximum absolute atomic E-state index is 12.0. The number of para-hydroxylation sites is 1. The molecule has 26 heavy (non-hydrogen) atoms. The summed E-state index contributed by atoms with van der Waals surface area (Å²) in [4.78, 5) is 16.3. The Balaban J connectivity index is 1.51. The van der Waals surface area contributed by atoms with E-state index in [0.29, 0.717) is 41.9 Å². The number of ether oxygens (including phenoxy) is 1. The number of hydrogen-bond acceptors (Lipinski definition) is 8. The molecule has 0 aliphatic rings. The summed E-state index contributed by atoms with van der Waals surface area (Å²) in [6.07, 6.45) is 2.26. The van der Waals surface area contributed by atoms with Crippen molar-refractivity contribution in [2.75, 3.05) is 12.4 Å². The Morgan fingerprint density at radius 1 is 1.31 bits per heavy atom. The van der Waals surface area contributed by atoms with E-state index >= 15 is 0 Å². The van der Waals surface area contributed by atoms with Gasteiger partial charge in [0, 0.05) is 12.8 Å². The van der Waals surface area contributed by atoms with Crippen LogP contribution in [0.4, 0.5) is 5.13 Å². The van der Waals surface area contributed by atoms with E-state index in [-0.39, 0.29) is 5.91 Å². The topological polar surface area (TPSA) is 103 Å². The molecule has 0 atom stereocenters. The number of nitrogens with one attached hydrogen (secondary N) is 1. The highest BCUT2D eigenvalue weighted by Gasteiger charge is 2.13. The van der Waals surface area contributed by atoms with E-state index in [0.717, 1.165) is 17.0 Å². The second kappa shape index (κ2) is 8.52. The van der Waals surface area contributed by atoms with Crippen LogP contribution in [0.15, 0.2) is 28.8 Å². The second-order valence-electron chi connectivity index (χ2n) is 5.47. The van der Waals surface area contributed by atoms with Gasteiger partial charge in [0.05, 0.1) is 12.7 Å². The lowest BCUT2D eigenvalue weighted by atomic mass is 10.2. The van der Waals surface area contributed by atoms with Crippen molar-refractivity contribution in [3.05, 3.63) is 35.2 Å². The molecule has 3 aromatic rings. The van der Waals surface area contributed by atoms with Gasteiger partial charge in [-0.1, -0.05) is 35.5 Å². The van der Waals surface area contributed by atoms with E-state index in [4.69, 9.17) is 9.26 Å². The molecular weight excluding hydrogens is 354 g/mol. The summed E-state index contributed by atoms with van der Waals surface area (Å²) in [6.45, 7) is 2.00. The fraction of sp³-hybridized carbons (Fsp3) is 0.353. The van der Waals surface area contributed by atoms with Crippen molar-refractivity contribution >= 4 is 22.4 Å². The van der Waals surface area contributed by atoms with Gasteiger partial charge in [-0.2, -0.15) is 4.98 Å². The van der Waals surface area contributed by atoms with Crippen LogP contribution >= 0.6 is 11.3 Å². The summed E-state index contributed by atoms with van der Waals surface area (Å²) in [5.74, 6) is 1.54. The highest BCUT2D eigenvalue weighted by Crippen LogP contribution is 2.27. The molecular formula is C17H19N5O3S. The maximum atomic E-state index is 12.0. The van der Waals surface area contributed by atoms with Gasteiger partial charge in [0.25, 0.3) is 0 Å². The summed E-state index contributed by atoms with van der Waals surface area (Å²) in [6, 6.07) is 7.47. The molecule has 3 rings (SSSR count). The first-order valence-electron chi connectivity index (χ1n) is 8.27. The number of methoxy groups -OCH3 is 1. The standard InChI is InChI=1S/C17H19N5O3S/c1-3-15-20-21-17(26-15)18-13(23)9-6-10-14-19-16(22-25-14)11-7-4-5-8-12(11)24-2/h4-5,7-8H,3,6,9-10H2,1-2H3,(H,18,21,23). The third kappa shape index (κ3) is 4.42. The van der Waals surface area contributed by atoms with Crippen LogP contribution < -0.4 is 10.1 Å². The average molecular weight is 373 g/mol. The van der Waals surface area contributed by atoms with E-state index in [2.05, 4.69) is 25.7 Å². The molecule has 0 radical (unpaired) electrons. The molecule has 1 aromatic carbocycles. The molecule has 0 saturated heterocycles. The first kappa shape index (κ1) is 18.0. The van der Waals surface area contributed by atoms with Gasteiger partial charge in [-0.05, 0) is 25.0 Å². The van der Waals surface area contributed by atoms with Crippen LogP contribution in [0, 0.1) is 0 Å². The minimum Gasteiger partial charge on any atom is -0.496 e. The van der Waals surface area contributed by atoms with Crippen LogP contribution in [-0.4, -0.2) is 33.4 Å². The quantitative estimate of drug-likeness (QED) is 0.647. The van der Waals surface area contributed by atoms with Crippen molar-refractivity contribution in [1.29, 1.82) is 0 Å². The molecule has 2 aromatic heterocycles. The van der Waals surface area contributed by atoms with Gasteiger partial charge in [0.2, 0.25) is 22.8 Å². The molecule has 1 N–H and O–H groups in total. The van der Waals surface area contributed by atoms with E-state index in [9.17, 15) is 4.79 Å². The van der Waals surface area contributed by atoms with Gasteiger partial charge in [0.1, 0.15) is 10.8 Å². The zero-order valence-corrected chi connectivity index (χ0v) is 15.4. The summed E-state index contributed by atoms with van der Waals surface area (Å²) in [5, 5.41) is 16.1. The minimum atomic E-state index is -0.103. The molecule has 0 saturated carbocycles. The van der Waals surface area contributed by atoms with Crippen molar-refractivity contribution in [3.8, 4) is 17.1 Å². The fourth-order valence-electron chi connectivity index (χ4n) is 2.32. The zero-order valence-electron chi connectivity index (χ0n) is 14.6. The molecule has 0 bridgehead atoms. The Labute approximate surface area is 154 Å². The Bertz CT molecular complexity index is 877. The number of rotatable bonds is 8. The number of anilines is 1. The summed E-state index contributed by atoms with van der Waals surface area (Å²) in [7, 11) is 1.60. The number of hydrogen-bond donors (Lipinski definition) is 1. The van der Waals surface area contributed by atoms with E-state index < -0.39 is 0 Å². The molecule has 0 fully saturated rings. The van der Waals surface area contributed by atoms with Gasteiger partial charge in [-0.15, -0.1) is 10.2 Å². The van der Waals surface area contributed by atoms with Crippen LogP contribution in [0.1, 0.15) is 30.7 Å². The Kier molecular flexibility index (Phi) is 5.90. The largest absolute Gasteiger partial charge is 0.496 e. The Morgan fingerprint density at radius 3 is 2.92 bits per heavy atom. The van der Waals surface area contributed by atoms with Crippen LogP contribution in [0.3, 0.4) is 0 Å². The molecule has 0 unspecified atom stereocenters. The van der Waals surface area contributed by atoms with Crippen molar-refractivity contribution in [1.82, 2.24) is 20.3 Å². The monoisotopic (exact) mass is 373 g/mol. The molecule has 9 heteroatoms. The number of aromatic nitrogens is 4. The van der Waals surface area contributed by atoms with Crippen LogP contribution in [0.5, 0.6) is 5.75 Å². The normalized spacial score (nSPS) is 10.7. The summed E-state index contributed by atoms with van der Waals surface area (Å²) in [5.41, 5.74) is 0.769. The summed E-state index contributed by atoms with van der Waals surface area (Å²) >= 11 is 1.39. The van der Waals surface area contributed by atoms with E-state index in [1.165, 1.54) is 11.3 Å². The third-order valence-electron chi connectivity index (χ3n) is 3.63. The van der Waals surface area contributed by atoms with Crippen molar-refractivity contribution in [2.45, 2.75) is 32.6 Å². The van der Waals surface area contributed by atoms with Crippen molar-refractivity contribution in [2.24, 2.45) is 0 Å². The maximum Gasteiger partial charge on any atom is 0.226 e. The van der Waals surface area contributed by atoms with Crippen LogP contribution in [0.25, 0.3) is 11.4 Å². The number of benzene rings is 1. The van der Waals surface area contributed by atoms with Gasteiger partial charge >= 0.3 is 0 Å². The summed E-state index contributed by atoms with van der Waals surface area (Å²) < 4.78 is 10.6. The Morgan fingerprint density at radius 2 is 2.15 bits per heavy atom. The Hall–Kier alpha value is -2.81. The molecule has 136 valence electrons. The number of carbonyl (C=O) groups is 1. The van der Waals surface area contributed by atoms with Gasteiger partial charge < -0.3 is 14.6 Å². The molecule has 1 amide bonds. The molecule has 8 nitrogen and oxygen atoms in total. The molecule has 0 aliphatic carbocycles. The van der Waals surface area contributed by atoms with Crippen molar-refractivity contribution in [3.63, 3.8) is 0 Å². The fourth-order valence-corrected chi connectivity index (χ4v) is 3.02. The number of amides is 1. The van der Waals surface area contributed by atoms with Crippen LogP contribution in [0.2, 0.25) is 0 Å². The van der Waals surface area contributed by atoms with Gasteiger partial charge in [-0.3, -0.25) is 4.79 Å². The molecule has 2 heterocycles. The highest BCUT2D eigenvalue weighted by atomic mass is 32.1. The van der Waals surface area contributed by atoms with Gasteiger partial charge in [0.15, 0.2) is 0 Å². The highest BCUT2D eigenvalue weighted by molar-refractivity contribution is 7.15. The number of aryl methyl sites for hydroxylation is 2.